The predicted molar refractivity (Wildman–Crippen MR) is 97.8 cm³/mol. The Balaban J connectivity index is 1.60. The van der Waals surface area contributed by atoms with Crippen LogP contribution in [0.3, 0.4) is 0 Å². The molecule has 1 atom stereocenters. The zero-order valence-corrected chi connectivity index (χ0v) is 15.2. The normalized spacial score (nSPS) is 22.3. The van der Waals surface area contributed by atoms with Crippen LogP contribution in [0, 0.1) is 6.92 Å². The topological polar surface area (TPSA) is 54.5 Å². The lowest BCUT2D eigenvalue weighted by Gasteiger charge is -2.47. The number of amides is 1. The Morgan fingerprint density at radius 3 is 2.84 bits per heavy atom. The fourth-order valence-electron chi connectivity index (χ4n) is 3.65. The number of aromatic nitrogens is 1. The van der Waals surface area contributed by atoms with Crippen LogP contribution < -0.4 is 10.1 Å². The van der Waals surface area contributed by atoms with E-state index in [0.29, 0.717) is 18.6 Å². The number of nitrogens with one attached hydrogen (secondary N) is 1. The molecule has 0 aromatic carbocycles. The van der Waals surface area contributed by atoms with Gasteiger partial charge >= 0.3 is 0 Å². The van der Waals surface area contributed by atoms with Gasteiger partial charge in [-0.2, -0.15) is 0 Å². The number of piperidine rings is 1. The molecule has 132 valence electrons. The van der Waals surface area contributed by atoms with E-state index in [4.69, 9.17) is 4.74 Å². The van der Waals surface area contributed by atoms with Crippen LogP contribution in [0.2, 0.25) is 0 Å². The molecule has 2 aromatic rings. The zero-order chi connectivity index (χ0) is 17.3. The minimum Gasteiger partial charge on any atom is -0.475 e. The average Bonchev–Trinajstić information content (AvgIpc) is 3.10. The van der Waals surface area contributed by atoms with Crippen molar-refractivity contribution in [3.05, 3.63) is 46.4 Å². The van der Waals surface area contributed by atoms with Crippen LogP contribution in [-0.2, 0) is 4.79 Å². The SMILES string of the molecule is Cc1ncccc1OC1(C(=O)N2CCC2c2cccs2)CCNCC1. The number of thiophene rings is 1. The molecular weight excluding hydrogens is 334 g/mol. The highest BCUT2D eigenvalue weighted by atomic mass is 32.1. The second-order valence-electron chi connectivity index (χ2n) is 6.75. The molecule has 6 heteroatoms. The summed E-state index contributed by atoms with van der Waals surface area (Å²) in [7, 11) is 0. The quantitative estimate of drug-likeness (QED) is 0.914. The maximum atomic E-state index is 13.5. The van der Waals surface area contributed by atoms with E-state index >= 15 is 0 Å². The summed E-state index contributed by atoms with van der Waals surface area (Å²) in [5.74, 6) is 0.841. The summed E-state index contributed by atoms with van der Waals surface area (Å²) in [4.78, 5) is 21.1. The van der Waals surface area contributed by atoms with Crippen molar-refractivity contribution in [2.24, 2.45) is 0 Å². The van der Waals surface area contributed by atoms with Crippen LogP contribution >= 0.6 is 11.3 Å². The number of carbonyl (C=O) groups excluding carboxylic acids is 1. The van der Waals surface area contributed by atoms with Gasteiger partial charge in [0.25, 0.3) is 5.91 Å². The molecule has 5 nitrogen and oxygen atoms in total. The lowest BCUT2D eigenvalue weighted by Crippen LogP contribution is -2.61. The maximum absolute atomic E-state index is 13.5. The van der Waals surface area contributed by atoms with E-state index in [1.165, 1.54) is 4.88 Å². The van der Waals surface area contributed by atoms with Crippen LogP contribution in [0.5, 0.6) is 5.75 Å². The number of carbonyl (C=O) groups is 1. The summed E-state index contributed by atoms with van der Waals surface area (Å²) in [5.41, 5.74) is 0.0428. The third-order valence-corrected chi connectivity index (χ3v) is 6.19. The van der Waals surface area contributed by atoms with Crippen molar-refractivity contribution >= 4 is 17.2 Å². The van der Waals surface area contributed by atoms with Gasteiger partial charge in [0.2, 0.25) is 0 Å². The van der Waals surface area contributed by atoms with Gasteiger partial charge in [-0.3, -0.25) is 9.78 Å². The monoisotopic (exact) mass is 357 g/mol. The lowest BCUT2D eigenvalue weighted by atomic mass is 9.87. The number of hydrogen-bond donors (Lipinski definition) is 1. The molecule has 2 aliphatic heterocycles. The van der Waals surface area contributed by atoms with Gasteiger partial charge in [-0.15, -0.1) is 11.3 Å². The average molecular weight is 357 g/mol. The van der Waals surface area contributed by atoms with Gasteiger partial charge < -0.3 is 15.0 Å². The van der Waals surface area contributed by atoms with Crippen molar-refractivity contribution < 1.29 is 9.53 Å². The van der Waals surface area contributed by atoms with Crippen molar-refractivity contribution in [2.75, 3.05) is 19.6 Å². The Morgan fingerprint density at radius 2 is 2.20 bits per heavy atom. The fourth-order valence-corrected chi connectivity index (χ4v) is 4.52. The first kappa shape index (κ1) is 16.5. The largest absolute Gasteiger partial charge is 0.475 e. The number of hydrogen-bond acceptors (Lipinski definition) is 5. The summed E-state index contributed by atoms with van der Waals surface area (Å²) in [6.45, 7) is 4.32. The third kappa shape index (κ3) is 3.04. The minimum absolute atomic E-state index is 0.127. The molecule has 1 unspecified atom stereocenters. The Hall–Kier alpha value is -1.92. The fraction of sp³-hybridized carbons (Fsp3) is 0.474. The van der Waals surface area contributed by atoms with Gasteiger partial charge in [0, 0.05) is 30.5 Å². The predicted octanol–water partition coefficient (Wildman–Crippen LogP) is 2.93. The van der Waals surface area contributed by atoms with Crippen LogP contribution in [0.4, 0.5) is 0 Å². The highest BCUT2D eigenvalue weighted by Crippen LogP contribution is 2.40. The molecule has 1 amide bonds. The smallest absolute Gasteiger partial charge is 0.267 e. The third-order valence-electron chi connectivity index (χ3n) is 5.22. The van der Waals surface area contributed by atoms with E-state index < -0.39 is 5.60 Å². The van der Waals surface area contributed by atoms with Crippen molar-refractivity contribution in [2.45, 2.75) is 37.8 Å². The molecule has 0 bridgehead atoms. The van der Waals surface area contributed by atoms with Crippen molar-refractivity contribution in [3.8, 4) is 5.75 Å². The molecule has 2 saturated heterocycles. The van der Waals surface area contributed by atoms with E-state index in [-0.39, 0.29) is 11.9 Å². The number of nitrogens with zero attached hydrogens (tertiary/aromatic N) is 2. The van der Waals surface area contributed by atoms with E-state index in [1.807, 2.05) is 24.0 Å². The van der Waals surface area contributed by atoms with Gasteiger partial charge in [-0.25, -0.2) is 0 Å². The Labute approximate surface area is 152 Å². The van der Waals surface area contributed by atoms with Crippen LogP contribution in [-0.4, -0.2) is 41.0 Å². The number of pyridine rings is 1. The summed E-state index contributed by atoms with van der Waals surface area (Å²) in [6, 6.07) is 8.15. The van der Waals surface area contributed by atoms with E-state index in [0.717, 1.165) is 31.7 Å². The Bertz CT molecular complexity index is 741. The van der Waals surface area contributed by atoms with Crippen molar-refractivity contribution in [3.63, 3.8) is 0 Å². The summed E-state index contributed by atoms with van der Waals surface area (Å²) < 4.78 is 6.37. The first-order chi connectivity index (χ1) is 12.2. The molecule has 4 rings (SSSR count). The highest BCUT2D eigenvalue weighted by Gasteiger charge is 2.49. The van der Waals surface area contributed by atoms with E-state index in [1.54, 1.807) is 17.5 Å². The Kier molecular flexibility index (Phi) is 4.48. The molecule has 2 aliphatic rings. The first-order valence-corrected chi connectivity index (χ1v) is 9.73. The minimum atomic E-state index is -0.783. The van der Waals surface area contributed by atoms with Gasteiger partial charge in [-0.05, 0) is 50.0 Å². The van der Waals surface area contributed by atoms with Gasteiger partial charge in [0.05, 0.1) is 11.7 Å². The molecule has 4 heterocycles. The second kappa shape index (κ2) is 6.77. The number of ether oxygens (including phenoxy) is 1. The summed E-state index contributed by atoms with van der Waals surface area (Å²) >= 11 is 1.72. The summed E-state index contributed by atoms with van der Waals surface area (Å²) in [5, 5.41) is 5.42. The lowest BCUT2D eigenvalue weighted by molar-refractivity contribution is -0.159. The molecule has 25 heavy (non-hydrogen) atoms. The van der Waals surface area contributed by atoms with Gasteiger partial charge in [-0.1, -0.05) is 6.07 Å². The molecule has 0 spiro atoms. The van der Waals surface area contributed by atoms with Crippen LogP contribution in [0.1, 0.15) is 35.9 Å². The number of likely N-dealkylation sites (tertiary alicyclic amines) is 1. The van der Waals surface area contributed by atoms with Crippen LogP contribution in [0.15, 0.2) is 35.8 Å². The standard InChI is InChI=1S/C19H23N3O2S/c1-14-16(4-2-9-21-14)24-19(7-10-20-11-8-19)18(23)22-12-6-15(22)17-5-3-13-25-17/h2-5,9,13,15,20H,6-8,10-12H2,1H3. The van der Waals surface area contributed by atoms with Crippen LogP contribution in [0.25, 0.3) is 0 Å². The molecule has 0 aliphatic carbocycles. The first-order valence-electron chi connectivity index (χ1n) is 8.85. The summed E-state index contributed by atoms with van der Waals surface area (Å²) in [6.07, 6.45) is 4.16. The molecule has 2 fully saturated rings. The number of rotatable bonds is 4. The van der Waals surface area contributed by atoms with E-state index in [9.17, 15) is 4.79 Å². The molecule has 0 saturated carbocycles. The second-order valence-corrected chi connectivity index (χ2v) is 7.73. The maximum Gasteiger partial charge on any atom is 0.267 e. The highest BCUT2D eigenvalue weighted by molar-refractivity contribution is 7.10. The molecular formula is C19H23N3O2S. The molecule has 2 aromatic heterocycles. The Morgan fingerprint density at radius 1 is 1.36 bits per heavy atom. The van der Waals surface area contributed by atoms with Crippen molar-refractivity contribution in [1.29, 1.82) is 0 Å². The zero-order valence-electron chi connectivity index (χ0n) is 14.4. The van der Waals surface area contributed by atoms with Crippen molar-refractivity contribution in [1.82, 2.24) is 15.2 Å². The number of aryl methyl sites for hydroxylation is 1. The molecule has 1 N–H and O–H groups in total. The van der Waals surface area contributed by atoms with Gasteiger partial charge in [0.1, 0.15) is 5.75 Å². The van der Waals surface area contributed by atoms with E-state index in [2.05, 4.69) is 27.8 Å². The molecule has 0 radical (unpaired) electrons. The van der Waals surface area contributed by atoms with Gasteiger partial charge in [0.15, 0.2) is 5.60 Å².